The van der Waals surface area contributed by atoms with E-state index in [0.717, 1.165) is 18.9 Å². The van der Waals surface area contributed by atoms with Gasteiger partial charge in [-0.3, -0.25) is 0 Å². The summed E-state index contributed by atoms with van der Waals surface area (Å²) < 4.78 is 40.8. The van der Waals surface area contributed by atoms with Crippen LogP contribution in [0, 0.1) is 12.7 Å². The zero-order chi connectivity index (χ0) is 15.6. The number of rotatable bonds is 4. The van der Waals surface area contributed by atoms with Crippen LogP contribution in [0.3, 0.4) is 0 Å². The molecule has 1 saturated heterocycles. The van der Waals surface area contributed by atoms with Crippen molar-refractivity contribution in [3.8, 4) is 0 Å². The van der Waals surface area contributed by atoms with E-state index < -0.39 is 15.8 Å². The second-order valence-electron chi connectivity index (χ2n) is 5.42. The highest BCUT2D eigenvalue weighted by molar-refractivity contribution is 7.89. The molecule has 1 aliphatic heterocycles. The van der Waals surface area contributed by atoms with Crippen LogP contribution in [-0.2, 0) is 10.0 Å². The van der Waals surface area contributed by atoms with E-state index in [1.54, 1.807) is 6.92 Å². The lowest BCUT2D eigenvalue weighted by Gasteiger charge is -2.34. The molecule has 21 heavy (non-hydrogen) atoms. The fraction of sp³-hybridized carbons (Fsp3) is 0.571. The number of benzene rings is 1. The molecule has 3 N–H and O–H groups in total. The van der Waals surface area contributed by atoms with E-state index in [1.807, 2.05) is 0 Å². The van der Waals surface area contributed by atoms with Crippen LogP contribution in [0.5, 0.6) is 0 Å². The van der Waals surface area contributed by atoms with Crippen LogP contribution in [0.2, 0.25) is 0 Å². The third-order valence-electron chi connectivity index (χ3n) is 3.94. The van der Waals surface area contributed by atoms with Crippen LogP contribution < -0.4 is 5.73 Å². The average molecular weight is 316 g/mol. The molecule has 0 bridgehead atoms. The van der Waals surface area contributed by atoms with E-state index in [1.165, 1.54) is 10.4 Å². The van der Waals surface area contributed by atoms with Gasteiger partial charge in [-0.05, 0) is 43.9 Å². The number of hydrogen-bond donors (Lipinski definition) is 2. The number of hydrogen-bond acceptors (Lipinski definition) is 4. The minimum atomic E-state index is -3.94. The second-order valence-corrected chi connectivity index (χ2v) is 7.28. The maximum atomic E-state index is 14.1. The van der Waals surface area contributed by atoms with E-state index in [2.05, 4.69) is 0 Å². The van der Waals surface area contributed by atoms with Gasteiger partial charge in [0.25, 0.3) is 0 Å². The molecule has 5 nitrogen and oxygen atoms in total. The van der Waals surface area contributed by atoms with E-state index in [4.69, 9.17) is 10.8 Å². The topological polar surface area (TPSA) is 83.6 Å². The second kappa shape index (κ2) is 6.29. The van der Waals surface area contributed by atoms with Crippen LogP contribution in [0.25, 0.3) is 0 Å². The molecule has 7 heteroatoms. The molecule has 0 saturated carbocycles. The van der Waals surface area contributed by atoms with Crippen LogP contribution in [0.1, 0.15) is 31.2 Å². The molecule has 118 valence electrons. The molecule has 1 aromatic carbocycles. The number of aliphatic hydroxyl groups is 1. The summed E-state index contributed by atoms with van der Waals surface area (Å²) in [5, 5.41) is 9.09. The Hall–Kier alpha value is -1.18. The number of piperidine rings is 1. The number of sulfonamides is 1. The third-order valence-corrected chi connectivity index (χ3v) is 5.91. The molecular formula is C14H21FN2O3S. The zero-order valence-electron chi connectivity index (χ0n) is 12.0. The van der Waals surface area contributed by atoms with E-state index in [0.29, 0.717) is 24.9 Å². The van der Waals surface area contributed by atoms with E-state index in [-0.39, 0.29) is 23.2 Å². The first-order valence-corrected chi connectivity index (χ1v) is 8.50. The van der Waals surface area contributed by atoms with Crippen LogP contribution in [0.4, 0.5) is 10.1 Å². The van der Waals surface area contributed by atoms with Crippen molar-refractivity contribution in [2.45, 2.75) is 43.5 Å². The van der Waals surface area contributed by atoms with Gasteiger partial charge in [0, 0.05) is 24.9 Å². The monoisotopic (exact) mass is 316 g/mol. The molecule has 1 atom stereocenters. The molecule has 1 heterocycles. The molecule has 0 aliphatic carbocycles. The predicted octanol–water partition coefficient (Wildman–Crippen LogP) is 1.64. The van der Waals surface area contributed by atoms with Crippen molar-refractivity contribution in [1.29, 1.82) is 0 Å². The van der Waals surface area contributed by atoms with Gasteiger partial charge < -0.3 is 10.8 Å². The predicted molar refractivity (Wildman–Crippen MR) is 78.8 cm³/mol. The maximum absolute atomic E-state index is 14.1. The summed E-state index contributed by atoms with van der Waals surface area (Å²) in [5.74, 6) is -0.782. The van der Waals surface area contributed by atoms with Gasteiger partial charge in [-0.2, -0.15) is 4.31 Å². The van der Waals surface area contributed by atoms with Crippen molar-refractivity contribution < 1.29 is 17.9 Å². The first kappa shape index (κ1) is 16.2. The molecule has 0 aromatic heterocycles. The Morgan fingerprint density at radius 1 is 1.43 bits per heavy atom. The number of nitrogens with zero attached hydrogens (tertiary/aromatic N) is 1. The summed E-state index contributed by atoms with van der Waals surface area (Å²) in [6.07, 6.45) is 2.70. The van der Waals surface area contributed by atoms with Gasteiger partial charge in [0.1, 0.15) is 10.7 Å². The van der Waals surface area contributed by atoms with Crippen molar-refractivity contribution in [3.05, 3.63) is 23.5 Å². The van der Waals surface area contributed by atoms with Crippen LogP contribution >= 0.6 is 0 Å². The van der Waals surface area contributed by atoms with E-state index in [9.17, 15) is 12.8 Å². The van der Waals surface area contributed by atoms with Gasteiger partial charge in [-0.1, -0.05) is 6.42 Å². The van der Waals surface area contributed by atoms with Gasteiger partial charge in [-0.25, -0.2) is 12.8 Å². The summed E-state index contributed by atoms with van der Waals surface area (Å²) in [6, 6.07) is 2.05. The molecule has 1 aromatic rings. The molecule has 0 amide bonds. The van der Waals surface area contributed by atoms with Gasteiger partial charge in [0.2, 0.25) is 10.0 Å². The largest absolute Gasteiger partial charge is 0.398 e. The Balaban J connectivity index is 2.43. The number of anilines is 1. The lowest BCUT2D eigenvalue weighted by Crippen LogP contribution is -2.44. The quantitative estimate of drug-likeness (QED) is 0.827. The molecule has 1 fully saturated rings. The smallest absolute Gasteiger partial charge is 0.246 e. The Kier molecular flexibility index (Phi) is 4.85. The first-order chi connectivity index (χ1) is 9.87. The fourth-order valence-electron chi connectivity index (χ4n) is 2.72. The highest BCUT2D eigenvalue weighted by Gasteiger charge is 2.35. The molecule has 1 unspecified atom stereocenters. The fourth-order valence-corrected chi connectivity index (χ4v) is 4.53. The molecule has 0 spiro atoms. The number of aryl methyl sites for hydroxylation is 1. The number of halogens is 1. The maximum Gasteiger partial charge on any atom is 0.246 e. The minimum Gasteiger partial charge on any atom is -0.398 e. The van der Waals surface area contributed by atoms with Gasteiger partial charge in [0.15, 0.2) is 0 Å². The van der Waals surface area contributed by atoms with Crippen molar-refractivity contribution in [1.82, 2.24) is 4.31 Å². The van der Waals surface area contributed by atoms with Gasteiger partial charge >= 0.3 is 0 Å². The standard InChI is InChI=1S/C14H21FN2O3S/c1-10-8-12(15)14(9-13(10)16)21(19,20)17-6-3-2-4-11(17)5-7-18/h8-9,11,18H,2-7,16H2,1H3. The highest BCUT2D eigenvalue weighted by Crippen LogP contribution is 2.30. The van der Waals surface area contributed by atoms with Crippen molar-refractivity contribution in [2.75, 3.05) is 18.9 Å². The normalized spacial score (nSPS) is 20.6. The van der Waals surface area contributed by atoms with Crippen LogP contribution in [-0.4, -0.2) is 37.0 Å². The lowest BCUT2D eigenvalue weighted by molar-refractivity contribution is 0.192. The van der Waals surface area contributed by atoms with Crippen molar-refractivity contribution >= 4 is 15.7 Å². The highest BCUT2D eigenvalue weighted by atomic mass is 32.2. The van der Waals surface area contributed by atoms with Gasteiger partial charge in [0.05, 0.1) is 0 Å². The zero-order valence-corrected chi connectivity index (χ0v) is 12.9. The molecule has 2 rings (SSSR count). The molecule has 0 radical (unpaired) electrons. The summed E-state index contributed by atoms with van der Waals surface area (Å²) in [4.78, 5) is -0.379. The summed E-state index contributed by atoms with van der Waals surface area (Å²) in [7, 11) is -3.94. The lowest BCUT2D eigenvalue weighted by atomic mass is 10.0. The van der Waals surface area contributed by atoms with Crippen LogP contribution in [0.15, 0.2) is 17.0 Å². The Bertz CT molecular complexity index is 617. The first-order valence-electron chi connectivity index (χ1n) is 7.06. The molecule has 1 aliphatic rings. The van der Waals surface area contributed by atoms with Crippen molar-refractivity contribution in [3.63, 3.8) is 0 Å². The number of nitrogens with two attached hydrogens (primary N) is 1. The Labute approximate surface area is 124 Å². The third kappa shape index (κ3) is 3.20. The molecular weight excluding hydrogens is 295 g/mol. The Morgan fingerprint density at radius 3 is 2.81 bits per heavy atom. The number of nitrogen functional groups attached to an aromatic ring is 1. The SMILES string of the molecule is Cc1cc(F)c(S(=O)(=O)N2CCCCC2CCO)cc1N. The average Bonchev–Trinajstić information content (AvgIpc) is 2.43. The van der Waals surface area contributed by atoms with Gasteiger partial charge in [-0.15, -0.1) is 0 Å². The number of aliphatic hydroxyl groups excluding tert-OH is 1. The van der Waals surface area contributed by atoms with E-state index >= 15 is 0 Å². The van der Waals surface area contributed by atoms with Crippen molar-refractivity contribution in [2.24, 2.45) is 0 Å². The Morgan fingerprint density at radius 2 is 2.14 bits per heavy atom. The summed E-state index contributed by atoms with van der Waals surface area (Å²) >= 11 is 0. The summed E-state index contributed by atoms with van der Waals surface area (Å²) in [5.41, 5.74) is 6.49. The summed E-state index contributed by atoms with van der Waals surface area (Å²) in [6.45, 7) is 1.89. The minimum absolute atomic E-state index is 0.0881.